The largest absolute Gasteiger partial charge is 0.363 e. The third-order valence-electron chi connectivity index (χ3n) is 7.21. The van der Waals surface area contributed by atoms with Gasteiger partial charge >= 0.3 is 0 Å². The summed E-state index contributed by atoms with van der Waals surface area (Å²) in [6, 6.07) is 32.9. The Balaban J connectivity index is 1.21. The van der Waals surface area contributed by atoms with Crippen LogP contribution in [-0.2, 0) is 0 Å². The maximum absolute atomic E-state index is 13.6. The van der Waals surface area contributed by atoms with E-state index < -0.39 is 0 Å². The van der Waals surface area contributed by atoms with Crippen LogP contribution in [0, 0.1) is 0 Å². The average molecular weight is 489 g/mol. The Morgan fingerprint density at radius 2 is 1.43 bits per heavy atom. The molecule has 4 aromatic rings. The Morgan fingerprint density at radius 3 is 2.22 bits per heavy atom. The fourth-order valence-corrected chi connectivity index (χ4v) is 5.46. The summed E-state index contributed by atoms with van der Waals surface area (Å²) in [5.74, 6) is -0.249. The van der Waals surface area contributed by atoms with Crippen molar-refractivity contribution in [2.45, 2.75) is 18.5 Å². The van der Waals surface area contributed by atoms with Gasteiger partial charge in [-0.2, -0.15) is 0 Å². The summed E-state index contributed by atoms with van der Waals surface area (Å²) in [6.45, 7) is 1.42. The second kappa shape index (κ2) is 9.56. The summed E-state index contributed by atoms with van der Waals surface area (Å²) in [4.78, 5) is 30.9. The number of nitrogens with zero attached hydrogens (tertiary/aromatic N) is 2. The van der Waals surface area contributed by atoms with E-state index in [2.05, 4.69) is 16.3 Å². The lowest BCUT2D eigenvalue weighted by Gasteiger charge is -2.40. The van der Waals surface area contributed by atoms with E-state index in [4.69, 9.17) is 5.73 Å². The summed E-state index contributed by atoms with van der Waals surface area (Å²) >= 11 is 0. The number of nitrogens with one attached hydrogen (secondary N) is 1. The van der Waals surface area contributed by atoms with Gasteiger partial charge in [0, 0.05) is 42.0 Å². The zero-order valence-electron chi connectivity index (χ0n) is 20.4. The van der Waals surface area contributed by atoms with Crippen molar-refractivity contribution in [3.05, 3.63) is 114 Å². The van der Waals surface area contributed by atoms with Gasteiger partial charge in [-0.1, -0.05) is 60.7 Å². The SMILES string of the molecule is N[C@H]1C[C@H]2CN(C(=O)c3ccc(NC(=O)c4ccccc4-c4ccccc4)cc3)c3ccccc3N2C1. The molecule has 0 aromatic heterocycles. The molecule has 0 spiro atoms. The fourth-order valence-electron chi connectivity index (χ4n) is 5.46. The van der Waals surface area contributed by atoms with Gasteiger partial charge in [-0.25, -0.2) is 0 Å². The minimum atomic E-state index is -0.193. The number of hydrogen-bond acceptors (Lipinski definition) is 4. The number of anilines is 3. The Bertz CT molecular complexity index is 1450. The lowest BCUT2D eigenvalue weighted by atomic mass is 9.99. The number of benzene rings is 4. The van der Waals surface area contributed by atoms with Gasteiger partial charge in [-0.15, -0.1) is 0 Å². The first-order chi connectivity index (χ1) is 18.1. The fraction of sp³-hybridized carbons (Fsp3) is 0.161. The molecule has 2 amide bonds. The van der Waals surface area contributed by atoms with Gasteiger partial charge in [-0.05, 0) is 60.0 Å². The molecule has 0 saturated carbocycles. The highest BCUT2D eigenvalue weighted by Crippen LogP contribution is 2.39. The van der Waals surface area contributed by atoms with Crippen molar-refractivity contribution in [1.82, 2.24) is 0 Å². The van der Waals surface area contributed by atoms with Crippen LogP contribution < -0.4 is 20.9 Å². The molecule has 6 heteroatoms. The van der Waals surface area contributed by atoms with Gasteiger partial charge in [-0.3, -0.25) is 9.59 Å². The summed E-state index contributed by atoms with van der Waals surface area (Å²) < 4.78 is 0. The molecule has 2 heterocycles. The van der Waals surface area contributed by atoms with Crippen molar-refractivity contribution in [3.8, 4) is 11.1 Å². The van der Waals surface area contributed by atoms with Crippen LogP contribution in [0.25, 0.3) is 11.1 Å². The Kier molecular flexibility index (Phi) is 5.94. The first-order valence-electron chi connectivity index (χ1n) is 12.6. The van der Waals surface area contributed by atoms with Crippen LogP contribution in [0.1, 0.15) is 27.1 Å². The van der Waals surface area contributed by atoms with Crippen LogP contribution in [0.2, 0.25) is 0 Å². The summed E-state index contributed by atoms with van der Waals surface area (Å²) in [5.41, 5.74) is 11.9. The Hall–Kier alpha value is -4.42. The first-order valence-corrected chi connectivity index (χ1v) is 12.6. The predicted octanol–water partition coefficient (Wildman–Crippen LogP) is 5.17. The van der Waals surface area contributed by atoms with E-state index in [9.17, 15) is 9.59 Å². The molecule has 1 fully saturated rings. The van der Waals surface area contributed by atoms with Crippen molar-refractivity contribution in [2.24, 2.45) is 5.73 Å². The number of para-hydroxylation sites is 2. The van der Waals surface area contributed by atoms with Gasteiger partial charge < -0.3 is 20.9 Å². The van der Waals surface area contributed by atoms with E-state index in [0.29, 0.717) is 23.4 Å². The van der Waals surface area contributed by atoms with Gasteiger partial charge in [0.1, 0.15) is 0 Å². The monoisotopic (exact) mass is 488 g/mol. The average Bonchev–Trinajstić information content (AvgIpc) is 3.33. The van der Waals surface area contributed by atoms with Crippen molar-refractivity contribution in [1.29, 1.82) is 0 Å². The van der Waals surface area contributed by atoms with Gasteiger partial charge in [0.05, 0.1) is 11.4 Å². The van der Waals surface area contributed by atoms with Gasteiger partial charge in [0.15, 0.2) is 0 Å². The van der Waals surface area contributed by atoms with E-state index >= 15 is 0 Å². The summed E-state index contributed by atoms with van der Waals surface area (Å²) in [6.07, 6.45) is 0.869. The van der Waals surface area contributed by atoms with Crippen LogP contribution >= 0.6 is 0 Å². The Labute approximate surface area is 216 Å². The number of fused-ring (bicyclic) bond motifs is 3. The second-order valence-corrected chi connectivity index (χ2v) is 9.65. The molecule has 6 nitrogen and oxygen atoms in total. The van der Waals surface area contributed by atoms with Gasteiger partial charge in [0.25, 0.3) is 11.8 Å². The number of carbonyl (C=O) groups is 2. The minimum absolute atomic E-state index is 0.0557. The molecule has 184 valence electrons. The second-order valence-electron chi connectivity index (χ2n) is 9.65. The molecule has 0 unspecified atom stereocenters. The predicted molar refractivity (Wildman–Crippen MR) is 148 cm³/mol. The highest BCUT2D eigenvalue weighted by atomic mass is 16.2. The number of nitrogens with two attached hydrogens (primary N) is 1. The third-order valence-corrected chi connectivity index (χ3v) is 7.21. The summed E-state index contributed by atoms with van der Waals surface area (Å²) in [5, 5.41) is 2.98. The first kappa shape index (κ1) is 23.0. The molecule has 0 aliphatic carbocycles. The summed E-state index contributed by atoms with van der Waals surface area (Å²) in [7, 11) is 0. The molecule has 2 aliphatic rings. The van der Waals surface area contributed by atoms with Crippen molar-refractivity contribution >= 4 is 28.9 Å². The molecule has 2 aliphatic heterocycles. The molecule has 1 saturated heterocycles. The van der Waals surface area contributed by atoms with Crippen LogP contribution in [0.4, 0.5) is 17.1 Å². The van der Waals surface area contributed by atoms with Crippen molar-refractivity contribution < 1.29 is 9.59 Å². The molecule has 0 bridgehead atoms. The Morgan fingerprint density at radius 1 is 0.757 bits per heavy atom. The van der Waals surface area contributed by atoms with E-state index in [1.165, 1.54) is 0 Å². The standard InChI is InChI=1S/C31H28N4O2/c32-23-18-25-20-35(29-13-7-6-12-28(29)34(25)19-23)31(37)22-14-16-24(17-15-22)33-30(36)27-11-5-4-10-26(27)21-8-2-1-3-9-21/h1-17,23,25H,18-20,32H2,(H,33,36)/t23-,25-/m0/s1. The smallest absolute Gasteiger partial charge is 0.258 e. The molecule has 37 heavy (non-hydrogen) atoms. The molecule has 0 radical (unpaired) electrons. The normalized spacial score (nSPS) is 18.2. The van der Waals surface area contributed by atoms with E-state index in [-0.39, 0.29) is 23.9 Å². The molecule has 2 atom stereocenters. The highest BCUT2D eigenvalue weighted by Gasteiger charge is 2.39. The van der Waals surface area contributed by atoms with Crippen LogP contribution in [0.15, 0.2) is 103 Å². The van der Waals surface area contributed by atoms with E-state index in [1.54, 1.807) is 24.3 Å². The molecular weight excluding hydrogens is 460 g/mol. The van der Waals surface area contributed by atoms with Crippen LogP contribution in [0.5, 0.6) is 0 Å². The van der Waals surface area contributed by atoms with E-state index in [1.807, 2.05) is 77.7 Å². The number of carbonyl (C=O) groups excluding carboxylic acids is 2. The molecule has 6 rings (SSSR count). The lowest BCUT2D eigenvalue weighted by molar-refractivity contribution is 0.0983. The minimum Gasteiger partial charge on any atom is -0.363 e. The number of hydrogen-bond donors (Lipinski definition) is 2. The van der Waals surface area contributed by atoms with Gasteiger partial charge in [0.2, 0.25) is 0 Å². The molecule has 3 N–H and O–H groups in total. The maximum atomic E-state index is 13.6. The molecule has 4 aromatic carbocycles. The maximum Gasteiger partial charge on any atom is 0.258 e. The quantitative estimate of drug-likeness (QED) is 0.415. The number of amides is 2. The zero-order chi connectivity index (χ0) is 25.4. The van der Waals surface area contributed by atoms with E-state index in [0.717, 1.165) is 35.5 Å². The van der Waals surface area contributed by atoms with Crippen LogP contribution in [-0.4, -0.2) is 37.0 Å². The van der Waals surface area contributed by atoms with Crippen molar-refractivity contribution in [2.75, 3.05) is 28.2 Å². The molecular formula is C31H28N4O2. The zero-order valence-corrected chi connectivity index (χ0v) is 20.4. The van der Waals surface area contributed by atoms with Crippen molar-refractivity contribution in [3.63, 3.8) is 0 Å². The lowest BCUT2D eigenvalue weighted by Crippen LogP contribution is -2.48. The number of rotatable bonds is 4. The third kappa shape index (κ3) is 4.36. The highest BCUT2D eigenvalue weighted by molar-refractivity contribution is 6.10. The van der Waals surface area contributed by atoms with Crippen LogP contribution in [0.3, 0.4) is 0 Å². The topological polar surface area (TPSA) is 78.7 Å².